The Bertz CT molecular complexity index is 537. The Kier molecular flexibility index (Phi) is 5.68. The molecule has 1 aromatic heterocycles. The van der Waals surface area contributed by atoms with Gasteiger partial charge in [-0.05, 0) is 37.1 Å². The fraction of sp³-hybridized carbons (Fsp3) is 0.400. The van der Waals surface area contributed by atoms with Crippen molar-refractivity contribution in [2.24, 2.45) is 0 Å². The van der Waals surface area contributed by atoms with Crippen molar-refractivity contribution in [3.63, 3.8) is 0 Å². The van der Waals surface area contributed by atoms with Gasteiger partial charge < -0.3 is 0 Å². The number of fused-ring (bicyclic) bond motifs is 1. The van der Waals surface area contributed by atoms with E-state index in [0.29, 0.717) is 5.56 Å². The van der Waals surface area contributed by atoms with E-state index in [9.17, 15) is 4.39 Å². The van der Waals surface area contributed by atoms with Gasteiger partial charge in [0, 0.05) is 22.8 Å². The summed E-state index contributed by atoms with van der Waals surface area (Å²) in [6.07, 6.45) is 1.75. The molecule has 0 amide bonds. The molecule has 0 saturated heterocycles. The molecule has 98 valence electrons. The minimum absolute atomic E-state index is 0.178. The van der Waals surface area contributed by atoms with Gasteiger partial charge in [0.2, 0.25) is 0 Å². The zero-order valence-electron chi connectivity index (χ0n) is 11.5. The van der Waals surface area contributed by atoms with E-state index < -0.39 is 0 Å². The first kappa shape index (κ1) is 15.0. The van der Waals surface area contributed by atoms with Crippen molar-refractivity contribution in [2.75, 3.05) is 0 Å². The number of aromatic nitrogens is 1. The molecule has 1 atom stereocenters. The standard InChI is InChI=1S/C13H15FNP.C2H6/c1-3-9-6-10(7-16)15-13-8(2)12(14)5-4-11(9)13;1-2/h4-6H,3,7,16H2,1-2H3;1-2H3. The lowest BCUT2D eigenvalue weighted by Gasteiger charge is -2.09. The van der Waals surface area contributed by atoms with Crippen molar-refractivity contribution in [2.45, 2.75) is 40.3 Å². The largest absolute Gasteiger partial charge is 0.252 e. The third kappa shape index (κ3) is 2.87. The summed E-state index contributed by atoms with van der Waals surface area (Å²) in [4.78, 5) is 4.50. The monoisotopic (exact) mass is 265 g/mol. The molecule has 0 saturated carbocycles. The minimum Gasteiger partial charge on any atom is -0.252 e. The first-order valence-electron chi connectivity index (χ1n) is 6.45. The van der Waals surface area contributed by atoms with Crippen LogP contribution in [-0.4, -0.2) is 4.98 Å². The van der Waals surface area contributed by atoms with Crippen LogP contribution in [0.25, 0.3) is 10.9 Å². The van der Waals surface area contributed by atoms with Crippen LogP contribution in [0, 0.1) is 12.7 Å². The predicted octanol–water partition coefficient (Wildman–Crippen LogP) is 4.65. The third-order valence-electron chi connectivity index (χ3n) is 2.90. The Hall–Kier alpha value is -1.01. The minimum atomic E-state index is -0.178. The first-order valence-corrected chi connectivity index (χ1v) is 7.26. The van der Waals surface area contributed by atoms with E-state index in [1.807, 2.05) is 19.9 Å². The van der Waals surface area contributed by atoms with E-state index in [0.717, 1.165) is 29.2 Å². The van der Waals surface area contributed by atoms with Gasteiger partial charge in [0.1, 0.15) is 5.82 Å². The molecule has 1 heterocycles. The number of rotatable bonds is 2. The van der Waals surface area contributed by atoms with Crippen molar-refractivity contribution < 1.29 is 4.39 Å². The van der Waals surface area contributed by atoms with Gasteiger partial charge in [-0.2, -0.15) is 0 Å². The van der Waals surface area contributed by atoms with E-state index in [-0.39, 0.29) is 5.82 Å². The summed E-state index contributed by atoms with van der Waals surface area (Å²) < 4.78 is 13.5. The number of halogens is 1. The molecule has 0 aliphatic heterocycles. The summed E-state index contributed by atoms with van der Waals surface area (Å²) in [7, 11) is 2.66. The maximum Gasteiger partial charge on any atom is 0.128 e. The van der Waals surface area contributed by atoms with Gasteiger partial charge in [-0.25, -0.2) is 4.39 Å². The topological polar surface area (TPSA) is 12.9 Å². The van der Waals surface area contributed by atoms with Gasteiger partial charge in [0.15, 0.2) is 0 Å². The predicted molar refractivity (Wildman–Crippen MR) is 80.6 cm³/mol. The summed E-state index contributed by atoms with van der Waals surface area (Å²) in [5.74, 6) is -0.178. The molecule has 1 aromatic carbocycles. The molecular weight excluding hydrogens is 244 g/mol. The lowest BCUT2D eigenvalue weighted by atomic mass is 10.0. The van der Waals surface area contributed by atoms with Gasteiger partial charge in [0.05, 0.1) is 5.52 Å². The summed E-state index contributed by atoms with van der Waals surface area (Å²) in [6.45, 7) is 7.90. The fourth-order valence-corrected chi connectivity index (χ4v) is 2.14. The number of nitrogens with zero attached hydrogens (tertiary/aromatic N) is 1. The van der Waals surface area contributed by atoms with Gasteiger partial charge in [-0.1, -0.05) is 20.8 Å². The SMILES string of the molecule is CC.CCc1cc(CP)nc2c(C)c(F)ccc12. The summed E-state index contributed by atoms with van der Waals surface area (Å²) in [5, 5.41) is 1.07. The Balaban J connectivity index is 0.000000771. The highest BCUT2D eigenvalue weighted by Gasteiger charge is 2.08. The molecule has 0 aliphatic rings. The van der Waals surface area contributed by atoms with Crippen LogP contribution in [0.4, 0.5) is 4.39 Å². The average molecular weight is 265 g/mol. The molecule has 0 spiro atoms. The van der Waals surface area contributed by atoms with Gasteiger partial charge in [0.25, 0.3) is 0 Å². The fourth-order valence-electron chi connectivity index (χ4n) is 1.93. The summed E-state index contributed by atoms with van der Waals surface area (Å²) in [5.41, 5.74) is 3.69. The number of pyridine rings is 1. The van der Waals surface area contributed by atoms with Crippen molar-refractivity contribution >= 4 is 20.1 Å². The second-order valence-electron chi connectivity index (χ2n) is 3.90. The number of benzene rings is 1. The molecule has 1 unspecified atom stereocenters. The number of hydrogen-bond donors (Lipinski definition) is 0. The molecule has 0 aliphatic carbocycles. The highest BCUT2D eigenvalue weighted by molar-refractivity contribution is 7.15. The molecule has 0 bridgehead atoms. The highest BCUT2D eigenvalue weighted by Crippen LogP contribution is 2.24. The Labute approximate surface area is 111 Å². The van der Waals surface area contributed by atoms with Crippen LogP contribution in [0.2, 0.25) is 0 Å². The van der Waals surface area contributed by atoms with E-state index in [1.165, 1.54) is 11.6 Å². The Morgan fingerprint density at radius 2 is 1.94 bits per heavy atom. The number of aryl methyl sites for hydroxylation is 2. The molecule has 0 radical (unpaired) electrons. The normalized spacial score (nSPS) is 10.1. The second-order valence-corrected chi connectivity index (χ2v) is 4.31. The van der Waals surface area contributed by atoms with E-state index in [4.69, 9.17) is 0 Å². The molecule has 2 aromatic rings. The molecular formula is C15H21FNP. The van der Waals surface area contributed by atoms with Crippen LogP contribution in [0.1, 0.15) is 37.6 Å². The van der Waals surface area contributed by atoms with E-state index in [1.54, 1.807) is 6.92 Å². The zero-order valence-corrected chi connectivity index (χ0v) is 12.7. The van der Waals surface area contributed by atoms with E-state index >= 15 is 0 Å². The molecule has 0 fully saturated rings. The highest BCUT2D eigenvalue weighted by atomic mass is 31.0. The van der Waals surface area contributed by atoms with Crippen molar-refractivity contribution in [3.05, 3.63) is 40.8 Å². The molecule has 1 nitrogen and oxygen atoms in total. The number of hydrogen-bond acceptors (Lipinski definition) is 1. The quantitative estimate of drug-likeness (QED) is 0.720. The van der Waals surface area contributed by atoms with Crippen molar-refractivity contribution in [1.82, 2.24) is 4.98 Å². The van der Waals surface area contributed by atoms with Crippen LogP contribution in [0.5, 0.6) is 0 Å². The maximum absolute atomic E-state index is 13.5. The van der Waals surface area contributed by atoms with Crippen molar-refractivity contribution in [3.8, 4) is 0 Å². The molecule has 18 heavy (non-hydrogen) atoms. The summed E-state index contributed by atoms with van der Waals surface area (Å²) in [6, 6.07) is 5.46. The Morgan fingerprint density at radius 1 is 1.28 bits per heavy atom. The average Bonchev–Trinajstić information content (AvgIpc) is 2.44. The van der Waals surface area contributed by atoms with Crippen molar-refractivity contribution in [1.29, 1.82) is 0 Å². The smallest absolute Gasteiger partial charge is 0.128 e. The van der Waals surface area contributed by atoms with E-state index in [2.05, 4.69) is 27.2 Å². The zero-order chi connectivity index (χ0) is 13.7. The molecule has 3 heteroatoms. The van der Waals surface area contributed by atoms with Crippen LogP contribution in [0.15, 0.2) is 18.2 Å². The Morgan fingerprint density at radius 3 is 2.50 bits per heavy atom. The lowest BCUT2D eigenvalue weighted by Crippen LogP contribution is -1.96. The first-order chi connectivity index (χ1) is 8.67. The van der Waals surface area contributed by atoms with Crippen LogP contribution >= 0.6 is 9.24 Å². The maximum atomic E-state index is 13.5. The van der Waals surface area contributed by atoms with Crippen LogP contribution in [-0.2, 0) is 12.6 Å². The van der Waals surface area contributed by atoms with Crippen LogP contribution in [0.3, 0.4) is 0 Å². The van der Waals surface area contributed by atoms with Gasteiger partial charge in [-0.3, -0.25) is 4.98 Å². The molecule has 0 N–H and O–H groups in total. The lowest BCUT2D eigenvalue weighted by molar-refractivity contribution is 0.620. The van der Waals surface area contributed by atoms with Gasteiger partial charge in [-0.15, -0.1) is 9.24 Å². The molecule has 2 rings (SSSR count). The van der Waals surface area contributed by atoms with Gasteiger partial charge >= 0.3 is 0 Å². The summed E-state index contributed by atoms with van der Waals surface area (Å²) >= 11 is 0. The van der Waals surface area contributed by atoms with Crippen LogP contribution < -0.4 is 0 Å². The second kappa shape index (κ2) is 6.80. The third-order valence-corrected chi connectivity index (χ3v) is 3.32.